The molecule has 3 heterocycles. The van der Waals surface area contributed by atoms with Crippen molar-refractivity contribution in [3.05, 3.63) is 41.5 Å². The van der Waals surface area contributed by atoms with Gasteiger partial charge < -0.3 is 4.57 Å². The summed E-state index contributed by atoms with van der Waals surface area (Å²) in [6, 6.07) is 8.42. The highest BCUT2D eigenvalue weighted by atomic mass is 32.2. The third-order valence-electron chi connectivity index (χ3n) is 5.68. The molecule has 1 aliphatic heterocycles. The first-order valence-electron chi connectivity index (χ1n) is 10.3. The molecule has 0 unspecified atom stereocenters. The highest BCUT2D eigenvalue weighted by molar-refractivity contribution is 7.91. The number of benzene rings is 1. The smallest absolute Gasteiger partial charge is 0.252 e. The Morgan fingerprint density at radius 3 is 2.38 bits per heavy atom. The van der Waals surface area contributed by atoms with Crippen LogP contribution >= 0.6 is 11.3 Å². The van der Waals surface area contributed by atoms with Crippen LogP contribution in [0.15, 0.2) is 44.8 Å². The molecular weight excluding hydrogens is 470 g/mol. The summed E-state index contributed by atoms with van der Waals surface area (Å²) < 4.78 is 55.6. The van der Waals surface area contributed by atoms with Crippen molar-refractivity contribution < 1.29 is 16.8 Å². The van der Waals surface area contributed by atoms with Crippen molar-refractivity contribution in [3.63, 3.8) is 0 Å². The molecule has 0 bridgehead atoms. The molecule has 0 radical (unpaired) electrons. The van der Waals surface area contributed by atoms with E-state index in [1.807, 2.05) is 6.92 Å². The second-order valence-electron chi connectivity index (χ2n) is 7.82. The summed E-state index contributed by atoms with van der Waals surface area (Å²) in [6.45, 7) is 5.38. The van der Waals surface area contributed by atoms with E-state index < -0.39 is 20.0 Å². The predicted octanol–water partition coefficient (Wildman–Crippen LogP) is 1.87. The molecule has 174 valence electrons. The summed E-state index contributed by atoms with van der Waals surface area (Å²) in [6.07, 6.45) is 0. The summed E-state index contributed by atoms with van der Waals surface area (Å²) in [7, 11) is -3.95. The second kappa shape index (κ2) is 8.84. The van der Waals surface area contributed by atoms with Crippen LogP contribution in [0.2, 0.25) is 0 Å². The van der Waals surface area contributed by atoms with Crippen molar-refractivity contribution in [3.8, 4) is 0 Å². The van der Waals surface area contributed by atoms with Crippen molar-refractivity contribution in [2.45, 2.75) is 29.1 Å². The van der Waals surface area contributed by atoms with E-state index in [1.165, 1.54) is 34.0 Å². The summed E-state index contributed by atoms with van der Waals surface area (Å²) >= 11 is 1.24. The van der Waals surface area contributed by atoms with Gasteiger partial charge in [0.15, 0.2) is 0 Å². The Morgan fingerprint density at radius 2 is 1.78 bits per heavy atom. The summed E-state index contributed by atoms with van der Waals surface area (Å²) in [5, 5.41) is 1.77. The van der Waals surface area contributed by atoms with Gasteiger partial charge in [-0.3, -0.25) is 4.90 Å². The van der Waals surface area contributed by atoms with Gasteiger partial charge in [-0.15, -0.1) is 11.3 Å². The van der Waals surface area contributed by atoms with Gasteiger partial charge >= 0.3 is 0 Å². The predicted molar refractivity (Wildman–Crippen MR) is 125 cm³/mol. The first-order chi connectivity index (χ1) is 15.1. The van der Waals surface area contributed by atoms with Gasteiger partial charge in [-0.05, 0) is 36.6 Å². The Balaban J connectivity index is 1.52. The number of hydrogen-bond donors (Lipinski definition) is 0. The molecule has 1 fully saturated rings. The Bertz CT molecular complexity index is 1310. The monoisotopic (exact) mass is 497 g/mol. The molecule has 0 atom stereocenters. The van der Waals surface area contributed by atoms with Crippen LogP contribution in [0.5, 0.6) is 0 Å². The van der Waals surface area contributed by atoms with Crippen molar-refractivity contribution in [2.75, 3.05) is 40.3 Å². The molecule has 0 saturated carbocycles. The van der Waals surface area contributed by atoms with E-state index in [2.05, 4.69) is 9.47 Å². The SMILES string of the molecule is CCn1c(CN2CCN(S(=O)(=O)c3cccs3)CC2)nc2cc(S(=O)(=O)N(C)C)ccc21. The summed E-state index contributed by atoms with van der Waals surface area (Å²) in [5.41, 5.74) is 1.53. The van der Waals surface area contributed by atoms with E-state index in [-0.39, 0.29) is 4.90 Å². The van der Waals surface area contributed by atoms with Gasteiger partial charge in [-0.1, -0.05) is 6.07 Å². The van der Waals surface area contributed by atoms with Gasteiger partial charge in [0.1, 0.15) is 10.0 Å². The molecule has 0 N–H and O–H groups in total. The average Bonchev–Trinajstić information content (AvgIpc) is 3.41. The number of aromatic nitrogens is 2. The van der Waals surface area contributed by atoms with Crippen LogP contribution in [0.4, 0.5) is 0 Å². The molecule has 1 aliphatic rings. The van der Waals surface area contributed by atoms with Crippen molar-refractivity contribution in [1.29, 1.82) is 0 Å². The maximum atomic E-state index is 12.7. The molecule has 1 saturated heterocycles. The average molecular weight is 498 g/mol. The fourth-order valence-electron chi connectivity index (χ4n) is 3.87. The van der Waals surface area contributed by atoms with E-state index in [9.17, 15) is 16.8 Å². The largest absolute Gasteiger partial charge is 0.327 e. The number of hydrogen-bond acceptors (Lipinski definition) is 7. The van der Waals surface area contributed by atoms with E-state index in [0.717, 1.165) is 11.3 Å². The van der Waals surface area contributed by atoms with Gasteiger partial charge in [0, 0.05) is 46.8 Å². The van der Waals surface area contributed by atoms with Gasteiger partial charge in [0.25, 0.3) is 10.0 Å². The first kappa shape index (κ1) is 23.3. The lowest BCUT2D eigenvalue weighted by Gasteiger charge is -2.33. The molecule has 0 amide bonds. The maximum Gasteiger partial charge on any atom is 0.252 e. The second-order valence-corrected chi connectivity index (χ2v) is 13.1. The number of piperazine rings is 1. The quantitative estimate of drug-likeness (QED) is 0.495. The Morgan fingerprint density at radius 1 is 1.06 bits per heavy atom. The lowest BCUT2D eigenvalue weighted by Crippen LogP contribution is -2.48. The molecule has 4 rings (SSSR count). The van der Waals surface area contributed by atoms with Gasteiger partial charge in [0.2, 0.25) is 10.0 Å². The molecule has 3 aromatic rings. The number of aryl methyl sites for hydroxylation is 1. The lowest BCUT2D eigenvalue weighted by atomic mass is 10.3. The zero-order valence-corrected chi connectivity index (χ0v) is 20.8. The zero-order chi connectivity index (χ0) is 23.1. The van der Waals surface area contributed by atoms with Crippen LogP contribution in [0, 0.1) is 0 Å². The Hall–Kier alpha value is -1.83. The van der Waals surface area contributed by atoms with Gasteiger partial charge in [-0.2, -0.15) is 4.31 Å². The minimum Gasteiger partial charge on any atom is -0.327 e. The topological polar surface area (TPSA) is 95.8 Å². The third-order valence-corrected chi connectivity index (χ3v) is 10.8. The van der Waals surface area contributed by atoms with E-state index in [0.29, 0.717) is 49.0 Å². The molecule has 1 aromatic carbocycles. The van der Waals surface area contributed by atoms with Crippen LogP contribution in [-0.2, 0) is 33.1 Å². The molecule has 2 aromatic heterocycles. The standard InChI is InChI=1S/C20H27N5O4S3/c1-4-25-18-8-7-16(31(26,27)22(2)3)14-17(18)21-19(25)15-23-9-11-24(12-10-23)32(28,29)20-6-5-13-30-20/h5-8,13-14H,4,9-12,15H2,1-3H3. The van der Waals surface area contributed by atoms with Crippen molar-refractivity contribution in [2.24, 2.45) is 0 Å². The fraction of sp³-hybridized carbons (Fsp3) is 0.450. The number of sulfonamides is 2. The molecule has 32 heavy (non-hydrogen) atoms. The minimum atomic E-state index is -3.53. The number of nitrogens with zero attached hydrogens (tertiary/aromatic N) is 5. The fourth-order valence-corrected chi connectivity index (χ4v) is 7.36. The van der Waals surface area contributed by atoms with Crippen molar-refractivity contribution >= 4 is 42.4 Å². The van der Waals surface area contributed by atoms with Crippen molar-refractivity contribution in [1.82, 2.24) is 23.1 Å². The van der Waals surface area contributed by atoms with Crippen LogP contribution < -0.4 is 0 Å². The zero-order valence-electron chi connectivity index (χ0n) is 18.3. The number of fused-ring (bicyclic) bond motifs is 1. The van der Waals surface area contributed by atoms with Gasteiger partial charge in [-0.25, -0.2) is 26.1 Å². The number of imidazole rings is 1. The van der Waals surface area contributed by atoms with Crippen LogP contribution in [0.25, 0.3) is 11.0 Å². The van der Waals surface area contributed by atoms with E-state index in [4.69, 9.17) is 4.98 Å². The first-order valence-corrected chi connectivity index (χ1v) is 14.1. The number of thiophene rings is 1. The minimum absolute atomic E-state index is 0.217. The van der Waals surface area contributed by atoms with Crippen LogP contribution in [-0.4, -0.2) is 80.2 Å². The lowest BCUT2D eigenvalue weighted by molar-refractivity contribution is 0.177. The highest BCUT2D eigenvalue weighted by Gasteiger charge is 2.29. The molecule has 0 spiro atoms. The third kappa shape index (κ3) is 4.22. The number of rotatable bonds is 7. The maximum absolute atomic E-state index is 12.7. The summed E-state index contributed by atoms with van der Waals surface area (Å²) in [5.74, 6) is 0.844. The summed E-state index contributed by atoms with van der Waals surface area (Å²) in [4.78, 5) is 7.13. The molecule has 0 aliphatic carbocycles. The normalized spacial score (nSPS) is 16.9. The van der Waals surface area contributed by atoms with Crippen LogP contribution in [0.3, 0.4) is 0 Å². The molecule has 9 nitrogen and oxygen atoms in total. The van der Waals surface area contributed by atoms with E-state index >= 15 is 0 Å². The Labute approximate surface area is 193 Å². The Kier molecular flexibility index (Phi) is 6.45. The van der Waals surface area contributed by atoms with E-state index in [1.54, 1.807) is 35.7 Å². The molecular formula is C20H27N5O4S3. The van der Waals surface area contributed by atoms with Gasteiger partial charge in [0.05, 0.1) is 22.5 Å². The highest BCUT2D eigenvalue weighted by Crippen LogP contribution is 2.25. The molecule has 12 heteroatoms. The van der Waals surface area contributed by atoms with Crippen LogP contribution in [0.1, 0.15) is 12.7 Å².